The number of fused-ring (bicyclic) bond motifs is 1. The SMILES string of the molecule is NC(=O)c1ccc(N2CCN(Cc3ccc4c(c3)OCO4)C(=O)C2)nc1. The summed E-state index contributed by atoms with van der Waals surface area (Å²) in [5.41, 5.74) is 6.57. The molecule has 2 aliphatic rings. The largest absolute Gasteiger partial charge is 0.454 e. The summed E-state index contributed by atoms with van der Waals surface area (Å²) in [7, 11) is 0. The average Bonchev–Trinajstić information content (AvgIpc) is 3.11. The monoisotopic (exact) mass is 354 g/mol. The van der Waals surface area contributed by atoms with E-state index in [1.807, 2.05) is 28.0 Å². The maximum absolute atomic E-state index is 12.5. The normalized spacial score (nSPS) is 16.1. The molecule has 1 aromatic heterocycles. The number of amides is 2. The molecule has 134 valence electrons. The Bertz CT molecular complexity index is 853. The van der Waals surface area contributed by atoms with Crippen LogP contribution in [0.1, 0.15) is 15.9 Å². The molecule has 1 fully saturated rings. The molecule has 2 aliphatic heterocycles. The molecule has 0 bridgehead atoms. The van der Waals surface area contributed by atoms with Crippen LogP contribution < -0.4 is 20.1 Å². The van der Waals surface area contributed by atoms with Gasteiger partial charge in [0.15, 0.2) is 11.5 Å². The standard InChI is InChI=1S/C18H18N4O4/c19-18(24)13-2-4-16(20-8-13)21-5-6-22(17(23)10-21)9-12-1-3-14-15(7-12)26-11-25-14/h1-4,7-8H,5-6,9-11H2,(H2,19,24). The van der Waals surface area contributed by atoms with Gasteiger partial charge in [-0.3, -0.25) is 9.59 Å². The second-order valence-electron chi connectivity index (χ2n) is 6.19. The molecule has 0 atom stereocenters. The average molecular weight is 354 g/mol. The highest BCUT2D eigenvalue weighted by atomic mass is 16.7. The number of primary amides is 1. The molecule has 0 saturated carbocycles. The lowest BCUT2D eigenvalue weighted by molar-refractivity contribution is -0.131. The number of hydrogen-bond acceptors (Lipinski definition) is 6. The van der Waals surface area contributed by atoms with Crippen molar-refractivity contribution in [1.82, 2.24) is 9.88 Å². The van der Waals surface area contributed by atoms with Crippen molar-refractivity contribution >= 4 is 17.6 Å². The van der Waals surface area contributed by atoms with Gasteiger partial charge in [-0.05, 0) is 29.8 Å². The van der Waals surface area contributed by atoms with Gasteiger partial charge >= 0.3 is 0 Å². The summed E-state index contributed by atoms with van der Waals surface area (Å²) in [6.45, 7) is 2.26. The van der Waals surface area contributed by atoms with Crippen molar-refractivity contribution in [3.8, 4) is 11.5 Å². The first-order chi connectivity index (χ1) is 12.6. The molecular weight excluding hydrogens is 336 g/mol. The summed E-state index contributed by atoms with van der Waals surface area (Å²) in [6, 6.07) is 9.04. The van der Waals surface area contributed by atoms with Crippen molar-refractivity contribution in [3.63, 3.8) is 0 Å². The molecule has 4 rings (SSSR count). The number of piperazine rings is 1. The summed E-state index contributed by atoms with van der Waals surface area (Å²) in [4.78, 5) is 31.6. The van der Waals surface area contributed by atoms with E-state index in [1.165, 1.54) is 6.20 Å². The van der Waals surface area contributed by atoms with E-state index < -0.39 is 5.91 Å². The van der Waals surface area contributed by atoms with E-state index in [0.717, 1.165) is 11.3 Å². The fourth-order valence-electron chi connectivity index (χ4n) is 3.05. The summed E-state index contributed by atoms with van der Waals surface area (Å²) in [6.07, 6.45) is 1.43. The minimum absolute atomic E-state index is 0.0229. The first-order valence-electron chi connectivity index (χ1n) is 8.27. The number of pyridine rings is 1. The molecule has 8 nitrogen and oxygen atoms in total. The summed E-state index contributed by atoms with van der Waals surface area (Å²) < 4.78 is 10.7. The van der Waals surface area contributed by atoms with E-state index in [9.17, 15) is 9.59 Å². The third-order valence-corrected chi connectivity index (χ3v) is 4.49. The predicted molar refractivity (Wildman–Crippen MR) is 92.9 cm³/mol. The Labute approximate surface area is 150 Å². The number of nitrogens with two attached hydrogens (primary N) is 1. The molecule has 0 radical (unpaired) electrons. The molecule has 1 saturated heterocycles. The van der Waals surface area contributed by atoms with E-state index in [2.05, 4.69) is 4.98 Å². The lowest BCUT2D eigenvalue weighted by atomic mass is 10.1. The van der Waals surface area contributed by atoms with Crippen molar-refractivity contribution in [2.45, 2.75) is 6.54 Å². The Morgan fingerprint density at radius 1 is 1.15 bits per heavy atom. The number of aromatic nitrogens is 1. The molecule has 2 aromatic rings. The van der Waals surface area contributed by atoms with E-state index in [4.69, 9.17) is 15.2 Å². The minimum atomic E-state index is -0.520. The number of ether oxygens (including phenoxy) is 2. The van der Waals surface area contributed by atoms with Crippen LogP contribution in [0.5, 0.6) is 11.5 Å². The Balaban J connectivity index is 1.40. The molecule has 3 heterocycles. The molecule has 0 aliphatic carbocycles. The smallest absolute Gasteiger partial charge is 0.250 e. The predicted octanol–water partition coefficient (Wildman–Crippen LogP) is 0.758. The Morgan fingerprint density at radius 3 is 2.73 bits per heavy atom. The third-order valence-electron chi connectivity index (χ3n) is 4.49. The zero-order valence-electron chi connectivity index (χ0n) is 14.1. The van der Waals surface area contributed by atoms with E-state index in [0.29, 0.717) is 36.8 Å². The van der Waals surface area contributed by atoms with Crippen LogP contribution in [-0.4, -0.2) is 48.1 Å². The van der Waals surface area contributed by atoms with Crippen molar-refractivity contribution in [2.24, 2.45) is 5.73 Å². The number of carbonyl (C=O) groups is 2. The molecule has 1 aromatic carbocycles. The van der Waals surface area contributed by atoms with Crippen LogP contribution in [0.2, 0.25) is 0 Å². The first kappa shape index (κ1) is 16.2. The van der Waals surface area contributed by atoms with Crippen molar-refractivity contribution in [2.75, 3.05) is 31.3 Å². The van der Waals surface area contributed by atoms with Gasteiger partial charge < -0.3 is 25.0 Å². The minimum Gasteiger partial charge on any atom is -0.454 e. The Kier molecular flexibility index (Phi) is 4.08. The second-order valence-corrected chi connectivity index (χ2v) is 6.19. The highest BCUT2D eigenvalue weighted by Gasteiger charge is 2.25. The van der Waals surface area contributed by atoms with Crippen LogP contribution in [0.25, 0.3) is 0 Å². The molecule has 0 unspecified atom stereocenters. The van der Waals surface area contributed by atoms with E-state index >= 15 is 0 Å². The molecule has 2 N–H and O–H groups in total. The third kappa shape index (κ3) is 3.13. The van der Waals surface area contributed by atoms with Crippen LogP contribution in [0.4, 0.5) is 5.82 Å². The zero-order valence-corrected chi connectivity index (χ0v) is 14.1. The topological polar surface area (TPSA) is 98.0 Å². The van der Waals surface area contributed by atoms with Crippen molar-refractivity contribution in [3.05, 3.63) is 47.7 Å². The quantitative estimate of drug-likeness (QED) is 0.870. The van der Waals surface area contributed by atoms with Gasteiger partial charge in [0.05, 0.1) is 12.1 Å². The zero-order chi connectivity index (χ0) is 18.1. The number of nitrogens with zero attached hydrogens (tertiary/aromatic N) is 3. The fourth-order valence-corrected chi connectivity index (χ4v) is 3.05. The van der Waals surface area contributed by atoms with Crippen LogP contribution in [0.15, 0.2) is 36.5 Å². The summed E-state index contributed by atoms with van der Waals surface area (Å²) >= 11 is 0. The summed E-state index contributed by atoms with van der Waals surface area (Å²) in [5, 5.41) is 0. The lowest BCUT2D eigenvalue weighted by Gasteiger charge is -2.35. The van der Waals surface area contributed by atoms with Gasteiger partial charge in [0.25, 0.3) is 0 Å². The number of carbonyl (C=O) groups excluding carboxylic acids is 2. The molecule has 26 heavy (non-hydrogen) atoms. The first-order valence-corrected chi connectivity index (χ1v) is 8.27. The van der Waals surface area contributed by atoms with Crippen LogP contribution in [-0.2, 0) is 11.3 Å². The van der Waals surface area contributed by atoms with E-state index in [1.54, 1.807) is 12.1 Å². The maximum Gasteiger partial charge on any atom is 0.250 e. The van der Waals surface area contributed by atoms with Crippen LogP contribution in [0.3, 0.4) is 0 Å². The molecule has 2 amide bonds. The van der Waals surface area contributed by atoms with Crippen LogP contribution >= 0.6 is 0 Å². The van der Waals surface area contributed by atoms with Gasteiger partial charge in [-0.15, -0.1) is 0 Å². The molecular formula is C18H18N4O4. The molecule has 8 heteroatoms. The van der Waals surface area contributed by atoms with Gasteiger partial charge in [-0.25, -0.2) is 4.98 Å². The Hall–Kier alpha value is -3.29. The maximum atomic E-state index is 12.5. The molecule has 0 spiro atoms. The lowest BCUT2D eigenvalue weighted by Crippen LogP contribution is -2.50. The van der Waals surface area contributed by atoms with Crippen LogP contribution in [0, 0.1) is 0 Å². The van der Waals surface area contributed by atoms with Gasteiger partial charge in [-0.2, -0.15) is 0 Å². The number of anilines is 1. The fraction of sp³-hybridized carbons (Fsp3) is 0.278. The van der Waals surface area contributed by atoms with Gasteiger partial charge in [0.2, 0.25) is 18.6 Å². The number of hydrogen-bond donors (Lipinski definition) is 1. The van der Waals surface area contributed by atoms with Gasteiger partial charge in [-0.1, -0.05) is 6.07 Å². The van der Waals surface area contributed by atoms with Gasteiger partial charge in [0, 0.05) is 25.8 Å². The van der Waals surface area contributed by atoms with Crippen molar-refractivity contribution in [1.29, 1.82) is 0 Å². The highest BCUT2D eigenvalue weighted by molar-refractivity contribution is 5.92. The second kappa shape index (κ2) is 6.55. The van der Waals surface area contributed by atoms with Gasteiger partial charge in [0.1, 0.15) is 5.82 Å². The number of benzene rings is 1. The highest BCUT2D eigenvalue weighted by Crippen LogP contribution is 2.33. The van der Waals surface area contributed by atoms with E-state index in [-0.39, 0.29) is 19.2 Å². The Morgan fingerprint density at radius 2 is 2.00 bits per heavy atom. The van der Waals surface area contributed by atoms with Crippen molar-refractivity contribution < 1.29 is 19.1 Å². The summed E-state index contributed by atoms with van der Waals surface area (Å²) in [5.74, 6) is 1.61. The number of rotatable bonds is 4.